The number of carbonyl (C=O) groups excluding carboxylic acids is 2. The fourth-order valence-electron chi connectivity index (χ4n) is 3.29. The molecule has 3 N–H and O–H groups in total. The van der Waals surface area contributed by atoms with E-state index in [9.17, 15) is 9.59 Å². The summed E-state index contributed by atoms with van der Waals surface area (Å²) in [5, 5.41) is 10.6. The molecule has 0 amide bonds. The Morgan fingerprint density at radius 2 is 2.00 bits per heavy atom. The van der Waals surface area contributed by atoms with Crippen LogP contribution in [0.3, 0.4) is 0 Å². The van der Waals surface area contributed by atoms with E-state index >= 15 is 0 Å². The third-order valence-electron chi connectivity index (χ3n) is 4.82. The number of hydrogen-bond acceptors (Lipinski definition) is 7. The largest absolute Gasteiger partial charge is 0.471 e. The van der Waals surface area contributed by atoms with E-state index < -0.39 is 18.0 Å². The van der Waals surface area contributed by atoms with Gasteiger partial charge >= 0.3 is 11.9 Å². The van der Waals surface area contributed by atoms with Crippen LogP contribution in [0.25, 0.3) is 10.8 Å². The molecule has 1 fully saturated rings. The minimum atomic E-state index is -0.644. The van der Waals surface area contributed by atoms with Crippen LogP contribution in [0.5, 0.6) is 0 Å². The first-order valence-corrected chi connectivity index (χ1v) is 9.49. The number of nitrogens with two attached hydrogens (primary N) is 1. The number of carbonyl (C=O) groups is 2. The van der Waals surface area contributed by atoms with Crippen LogP contribution >= 0.6 is 0 Å². The number of fused-ring (bicyclic) bond motifs is 1. The fraction of sp³-hybridized carbons (Fsp3) is 0.450. The average Bonchev–Trinajstić information content (AvgIpc) is 3.15. The minimum Gasteiger partial charge on any atom is -0.471 e. The van der Waals surface area contributed by atoms with Crippen molar-refractivity contribution in [2.45, 2.75) is 45.1 Å². The van der Waals surface area contributed by atoms with Crippen LogP contribution in [0.15, 0.2) is 29.1 Å². The molecule has 0 bridgehead atoms. The summed E-state index contributed by atoms with van der Waals surface area (Å²) in [5.41, 5.74) is 6.06. The molecule has 1 aliphatic heterocycles. The summed E-state index contributed by atoms with van der Waals surface area (Å²) >= 11 is 0. The molecule has 0 radical (unpaired) electrons. The molecule has 8 heteroatoms. The molecule has 28 heavy (non-hydrogen) atoms. The number of nitrogens with zero attached hydrogens (tertiary/aromatic N) is 1. The van der Waals surface area contributed by atoms with Crippen molar-refractivity contribution >= 4 is 28.5 Å². The molecule has 150 valence electrons. The monoisotopic (exact) mass is 387 g/mol. The number of amidine groups is 1. The minimum absolute atomic E-state index is 0.0322. The Balaban J connectivity index is 1.71. The number of rotatable bonds is 7. The van der Waals surface area contributed by atoms with Crippen LogP contribution in [-0.2, 0) is 14.4 Å². The van der Waals surface area contributed by atoms with E-state index in [1.807, 2.05) is 6.92 Å². The van der Waals surface area contributed by atoms with Crippen molar-refractivity contribution in [1.29, 1.82) is 5.41 Å². The molecule has 3 rings (SSSR count). The summed E-state index contributed by atoms with van der Waals surface area (Å²) in [6, 6.07) is 3.31. The molecule has 8 nitrogen and oxygen atoms in total. The molecule has 1 aromatic heterocycles. The smallest absolute Gasteiger partial charge is 0.339 e. The van der Waals surface area contributed by atoms with Gasteiger partial charge in [-0.1, -0.05) is 19.4 Å². The van der Waals surface area contributed by atoms with Gasteiger partial charge in [0, 0.05) is 29.4 Å². The summed E-state index contributed by atoms with van der Waals surface area (Å²) in [6.07, 6.45) is 5.86. The molecule has 1 aliphatic rings. The van der Waals surface area contributed by atoms with E-state index in [0.717, 1.165) is 32.4 Å². The molecule has 2 heterocycles. The van der Waals surface area contributed by atoms with E-state index in [2.05, 4.69) is 0 Å². The van der Waals surface area contributed by atoms with Crippen LogP contribution in [0.4, 0.5) is 0 Å². The highest BCUT2D eigenvalue weighted by Gasteiger charge is 2.25. The third kappa shape index (κ3) is 4.51. The molecule has 1 aromatic carbocycles. The lowest BCUT2D eigenvalue weighted by atomic mass is 10.0. The number of nitrogens with one attached hydrogen (secondary N) is 1. The summed E-state index contributed by atoms with van der Waals surface area (Å²) in [6.45, 7) is 3.29. The van der Waals surface area contributed by atoms with E-state index in [-0.39, 0.29) is 23.4 Å². The maximum absolute atomic E-state index is 12.8. The fourth-order valence-corrected chi connectivity index (χ4v) is 3.29. The summed E-state index contributed by atoms with van der Waals surface area (Å²) in [5.74, 6) is -1.31. The summed E-state index contributed by atoms with van der Waals surface area (Å²) in [4.78, 5) is 30.4. The van der Waals surface area contributed by atoms with Crippen LogP contribution in [-0.4, -0.2) is 42.0 Å². The lowest BCUT2D eigenvalue weighted by molar-refractivity contribution is -0.196. The predicted octanol–water partition coefficient (Wildman–Crippen LogP) is 2.99. The molecule has 0 saturated carbocycles. The second-order valence-corrected chi connectivity index (χ2v) is 6.87. The quantitative estimate of drug-likeness (QED) is 0.426. The van der Waals surface area contributed by atoms with Gasteiger partial charge in [-0.2, -0.15) is 0 Å². The van der Waals surface area contributed by atoms with Gasteiger partial charge in [0.25, 0.3) is 0 Å². The molecular weight excluding hydrogens is 362 g/mol. The average molecular weight is 387 g/mol. The number of ether oxygens (including phenoxy) is 1. The Bertz CT molecular complexity index is 870. The number of benzene rings is 1. The molecule has 0 spiro atoms. The maximum Gasteiger partial charge on any atom is 0.339 e. The van der Waals surface area contributed by atoms with Gasteiger partial charge in [-0.05, 0) is 25.3 Å². The second kappa shape index (κ2) is 8.88. The van der Waals surface area contributed by atoms with Crippen molar-refractivity contribution < 1.29 is 23.6 Å². The number of piperidine rings is 1. The molecular formula is C20H25N3O5. The van der Waals surface area contributed by atoms with Crippen molar-refractivity contribution in [3.63, 3.8) is 0 Å². The van der Waals surface area contributed by atoms with Gasteiger partial charge in [-0.15, -0.1) is 5.06 Å². The zero-order valence-corrected chi connectivity index (χ0v) is 15.9. The molecule has 1 atom stereocenters. The van der Waals surface area contributed by atoms with Crippen molar-refractivity contribution in [3.05, 3.63) is 35.8 Å². The van der Waals surface area contributed by atoms with Gasteiger partial charge in [0.15, 0.2) is 0 Å². The first kappa shape index (κ1) is 19.9. The molecule has 0 aliphatic carbocycles. The van der Waals surface area contributed by atoms with Crippen LogP contribution in [0.1, 0.15) is 54.9 Å². The molecule has 2 aromatic rings. The summed E-state index contributed by atoms with van der Waals surface area (Å²) < 4.78 is 10.7. The Morgan fingerprint density at radius 3 is 2.68 bits per heavy atom. The maximum atomic E-state index is 12.8. The van der Waals surface area contributed by atoms with Gasteiger partial charge in [0.1, 0.15) is 11.9 Å². The molecule has 1 unspecified atom stereocenters. The standard InChI is InChI=1S/C20H25N3O5/c1-2-14(10-17(24)28-23-8-4-3-5-9-23)27-20(25)18-15(19(21)22)7-6-13-11-26-12-16(13)18/h6-7,11-12,14H,2-5,8-10H2,1H3,(H3,21,22). The number of nitrogen functional groups attached to an aromatic ring is 1. The second-order valence-electron chi connectivity index (χ2n) is 6.87. The highest BCUT2D eigenvalue weighted by atomic mass is 16.7. The number of hydroxylamine groups is 2. The van der Waals surface area contributed by atoms with Crippen molar-refractivity contribution in [2.24, 2.45) is 5.73 Å². The third-order valence-corrected chi connectivity index (χ3v) is 4.82. The van der Waals surface area contributed by atoms with E-state index in [0.29, 0.717) is 17.2 Å². The van der Waals surface area contributed by atoms with E-state index in [1.54, 1.807) is 17.2 Å². The first-order chi connectivity index (χ1) is 13.5. The number of esters is 1. The first-order valence-electron chi connectivity index (χ1n) is 9.49. The Morgan fingerprint density at radius 1 is 1.25 bits per heavy atom. The lowest BCUT2D eigenvalue weighted by Gasteiger charge is -2.25. The Kier molecular flexibility index (Phi) is 6.30. The molecule has 1 saturated heterocycles. The van der Waals surface area contributed by atoms with Gasteiger partial charge in [0.05, 0.1) is 24.5 Å². The van der Waals surface area contributed by atoms with Gasteiger partial charge < -0.3 is 19.7 Å². The van der Waals surface area contributed by atoms with Gasteiger partial charge in [-0.25, -0.2) is 4.79 Å². The van der Waals surface area contributed by atoms with Crippen molar-refractivity contribution in [3.8, 4) is 0 Å². The predicted molar refractivity (Wildman–Crippen MR) is 103 cm³/mol. The Hall–Kier alpha value is -2.87. The zero-order valence-electron chi connectivity index (χ0n) is 15.9. The topological polar surface area (TPSA) is 119 Å². The van der Waals surface area contributed by atoms with Crippen molar-refractivity contribution in [2.75, 3.05) is 13.1 Å². The van der Waals surface area contributed by atoms with Gasteiger partial charge in [0.2, 0.25) is 0 Å². The van der Waals surface area contributed by atoms with Crippen LogP contribution in [0, 0.1) is 5.41 Å². The number of hydrogen-bond donors (Lipinski definition) is 2. The van der Waals surface area contributed by atoms with E-state index in [4.69, 9.17) is 25.1 Å². The van der Waals surface area contributed by atoms with Crippen LogP contribution in [0.2, 0.25) is 0 Å². The van der Waals surface area contributed by atoms with Gasteiger partial charge in [-0.3, -0.25) is 10.2 Å². The SMILES string of the molecule is CCC(CC(=O)ON1CCCCC1)OC(=O)c1c(C(=N)N)ccc2cocc12. The number of furan rings is 1. The Labute approximate surface area is 163 Å². The highest BCUT2D eigenvalue weighted by Crippen LogP contribution is 2.25. The highest BCUT2D eigenvalue weighted by molar-refractivity contribution is 6.14. The van der Waals surface area contributed by atoms with E-state index in [1.165, 1.54) is 12.5 Å². The van der Waals surface area contributed by atoms with Crippen LogP contribution < -0.4 is 5.73 Å². The normalized spacial score (nSPS) is 15.9. The lowest BCUT2D eigenvalue weighted by Crippen LogP contribution is -2.34. The van der Waals surface area contributed by atoms with Crippen molar-refractivity contribution in [1.82, 2.24) is 5.06 Å². The zero-order chi connectivity index (χ0) is 20.1. The summed E-state index contributed by atoms with van der Waals surface area (Å²) in [7, 11) is 0.